The maximum atomic E-state index is 13.8. The molecule has 0 aliphatic carbocycles. The van der Waals surface area contributed by atoms with Crippen LogP contribution in [0.1, 0.15) is 106 Å². The lowest BCUT2D eigenvalue weighted by atomic mass is 9.97. The number of likely N-dealkylation sites (tertiary alicyclic amines) is 1. The second-order valence-electron chi connectivity index (χ2n) is 13.0. The van der Waals surface area contributed by atoms with Crippen LogP contribution in [0.25, 0.3) is 0 Å². The van der Waals surface area contributed by atoms with Crippen LogP contribution in [0, 0.1) is 5.92 Å². The summed E-state index contributed by atoms with van der Waals surface area (Å²) in [4.78, 5) is 96.2. The van der Waals surface area contributed by atoms with Crippen molar-refractivity contribution in [2.75, 3.05) is 26.2 Å². The topological polar surface area (TPSA) is 259 Å². The minimum atomic E-state index is -1.05. The van der Waals surface area contributed by atoms with Gasteiger partial charge in [0.05, 0.1) is 0 Å². The molecule has 290 valence electrons. The summed E-state index contributed by atoms with van der Waals surface area (Å²) < 4.78 is 0. The first-order valence-corrected chi connectivity index (χ1v) is 18.2. The van der Waals surface area contributed by atoms with Crippen molar-refractivity contribution < 1.29 is 33.6 Å². The van der Waals surface area contributed by atoms with E-state index in [4.69, 9.17) is 11.5 Å². The molecule has 17 nitrogen and oxygen atoms in total. The first kappa shape index (κ1) is 44.6. The molecule has 0 spiro atoms. The van der Waals surface area contributed by atoms with Crippen LogP contribution in [-0.2, 0) is 33.6 Å². The number of amides is 7. The zero-order valence-electron chi connectivity index (χ0n) is 31.3. The van der Waals surface area contributed by atoms with Crippen molar-refractivity contribution in [3.63, 3.8) is 0 Å². The standard InChI is InChI=1S/C34H62N10O7/c1-7-14-24(29(47)43-26(16-12-19-39-34(35)36)33(51)44-20-13-17-27(44)31(49)37-9-3)41-30(48)25(15-10-11-18-38-22(5)45)42-32(50)28(21(4)8-2)40-23(6)46/h21,24-28H,7-20H2,1-6H3,(H,37,49)(H,38,45)(H,40,46)(H,41,48)(H,42,50)(H,43,47)(H4,35,36,39)/t21-,24-,25-,26-,27-,28+/m0/s1. The number of hydrogen-bond donors (Lipinski definition) is 8. The van der Waals surface area contributed by atoms with Gasteiger partial charge in [-0.25, -0.2) is 0 Å². The number of nitrogens with two attached hydrogens (primary N) is 2. The third-order valence-corrected chi connectivity index (χ3v) is 8.74. The molecule has 0 bridgehead atoms. The molecule has 51 heavy (non-hydrogen) atoms. The molecule has 17 heteroatoms. The van der Waals surface area contributed by atoms with Crippen LogP contribution in [0.3, 0.4) is 0 Å². The Morgan fingerprint density at radius 1 is 0.765 bits per heavy atom. The van der Waals surface area contributed by atoms with Gasteiger partial charge in [0.25, 0.3) is 0 Å². The van der Waals surface area contributed by atoms with E-state index >= 15 is 0 Å². The normalized spacial score (nSPS) is 16.7. The Hall–Kier alpha value is -4.44. The second-order valence-corrected chi connectivity index (χ2v) is 13.0. The van der Waals surface area contributed by atoms with Crippen molar-refractivity contribution in [2.45, 2.75) is 136 Å². The van der Waals surface area contributed by atoms with Crippen molar-refractivity contribution in [3.05, 3.63) is 0 Å². The van der Waals surface area contributed by atoms with E-state index in [-0.39, 0.29) is 55.4 Å². The van der Waals surface area contributed by atoms with E-state index in [9.17, 15) is 33.6 Å². The molecule has 0 unspecified atom stereocenters. The van der Waals surface area contributed by atoms with E-state index in [1.54, 1.807) is 6.92 Å². The molecular formula is C34H62N10O7. The summed E-state index contributed by atoms with van der Waals surface area (Å²) in [6.45, 7) is 11.4. The summed E-state index contributed by atoms with van der Waals surface area (Å²) in [6, 6.07) is -4.66. The average molecular weight is 723 g/mol. The van der Waals surface area contributed by atoms with Gasteiger partial charge in [-0.1, -0.05) is 33.6 Å². The van der Waals surface area contributed by atoms with Gasteiger partial charge >= 0.3 is 0 Å². The lowest BCUT2D eigenvalue weighted by molar-refractivity contribution is -0.142. The maximum Gasteiger partial charge on any atom is 0.245 e. The number of rotatable bonds is 23. The van der Waals surface area contributed by atoms with E-state index in [0.29, 0.717) is 64.6 Å². The first-order valence-electron chi connectivity index (χ1n) is 18.2. The molecular weight excluding hydrogens is 660 g/mol. The van der Waals surface area contributed by atoms with Crippen LogP contribution < -0.4 is 43.4 Å². The molecule has 1 aliphatic rings. The summed E-state index contributed by atoms with van der Waals surface area (Å²) >= 11 is 0. The number of carbonyl (C=O) groups excluding carboxylic acids is 7. The highest BCUT2D eigenvalue weighted by Crippen LogP contribution is 2.20. The highest BCUT2D eigenvalue weighted by molar-refractivity contribution is 5.96. The zero-order valence-corrected chi connectivity index (χ0v) is 31.3. The van der Waals surface area contributed by atoms with Gasteiger partial charge in [0.15, 0.2) is 5.96 Å². The predicted molar refractivity (Wildman–Crippen MR) is 194 cm³/mol. The Balaban J connectivity index is 3.26. The summed E-state index contributed by atoms with van der Waals surface area (Å²) in [5.74, 6) is -3.30. The summed E-state index contributed by atoms with van der Waals surface area (Å²) in [6.07, 6.45) is 4.22. The van der Waals surface area contributed by atoms with E-state index in [2.05, 4.69) is 36.9 Å². The predicted octanol–water partition coefficient (Wildman–Crippen LogP) is -0.721. The van der Waals surface area contributed by atoms with Gasteiger partial charge in [0.2, 0.25) is 41.4 Å². The number of nitrogens with one attached hydrogen (secondary N) is 6. The fourth-order valence-electron chi connectivity index (χ4n) is 5.85. The maximum absolute atomic E-state index is 13.8. The van der Waals surface area contributed by atoms with Crippen molar-refractivity contribution in [2.24, 2.45) is 22.4 Å². The number of hydrogen-bond acceptors (Lipinski definition) is 8. The van der Waals surface area contributed by atoms with Crippen molar-refractivity contribution in [1.82, 2.24) is 36.8 Å². The van der Waals surface area contributed by atoms with E-state index in [1.807, 2.05) is 20.8 Å². The highest BCUT2D eigenvalue weighted by atomic mass is 16.2. The molecule has 0 aromatic heterocycles. The van der Waals surface area contributed by atoms with Gasteiger partial charge < -0.3 is 48.3 Å². The first-order chi connectivity index (χ1) is 24.2. The summed E-state index contributed by atoms with van der Waals surface area (Å²) in [5.41, 5.74) is 10.9. The molecule has 1 saturated heterocycles. The van der Waals surface area contributed by atoms with Gasteiger partial charge in [-0.05, 0) is 64.2 Å². The molecule has 1 aliphatic heterocycles. The van der Waals surface area contributed by atoms with Crippen LogP contribution in [0.2, 0.25) is 0 Å². The minimum Gasteiger partial charge on any atom is -0.370 e. The molecule has 0 aromatic rings. The van der Waals surface area contributed by atoms with Crippen LogP contribution in [0.15, 0.2) is 4.99 Å². The van der Waals surface area contributed by atoms with E-state index < -0.39 is 53.8 Å². The smallest absolute Gasteiger partial charge is 0.245 e. The Morgan fingerprint density at radius 2 is 1.37 bits per heavy atom. The van der Waals surface area contributed by atoms with E-state index in [0.717, 1.165) is 0 Å². The molecule has 7 amide bonds. The van der Waals surface area contributed by atoms with Crippen LogP contribution in [0.4, 0.5) is 0 Å². The molecule has 0 saturated carbocycles. The second kappa shape index (κ2) is 23.9. The summed E-state index contributed by atoms with van der Waals surface area (Å²) in [5, 5.41) is 16.5. The Bertz CT molecular complexity index is 1210. The highest BCUT2D eigenvalue weighted by Gasteiger charge is 2.38. The number of aliphatic imine (C=N–C) groups is 1. The van der Waals surface area contributed by atoms with Crippen LogP contribution in [-0.4, -0.2) is 109 Å². The molecule has 1 heterocycles. The third kappa shape index (κ3) is 16.4. The van der Waals surface area contributed by atoms with Crippen molar-refractivity contribution in [1.29, 1.82) is 0 Å². The Morgan fingerprint density at radius 3 is 1.94 bits per heavy atom. The number of likely N-dealkylation sites (N-methyl/N-ethyl adjacent to an activating group) is 1. The molecule has 1 fully saturated rings. The largest absolute Gasteiger partial charge is 0.370 e. The monoisotopic (exact) mass is 722 g/mol. The SMILES string of the molecule is CCC[C@H](NC(=O)[C@H](CCCCNC(C)=O)NC(=O)[C@H](NC(C)=O)[C@@H](C)CC)C(=O)N[C@@H](CCCN=C(N)N)C(=O)N1CCC[C@H]1C(=O)NCC. The van der Waals surface area contributed by atoms with Crippen LogP contribution in [0.5, 0.6) is 0 Å². The zero-order chi connectivity index (χ0) is 38.5. The lowest BCUT2D eigenvalue weighted by Crippen LogP contribution is -2.59. The summed E-state index contributed by atoms with van der Waals surface area (Å²) in [7, 11) is 0. The number of nitrogens with zero attached hydrogens (tertiary/aromatic N) is 2. The van der Waals surface area contributed by atoms with Gasteiger partial charge in [0.1, 0.15) is 30.2 Å². The average Bonchev–Trinajstić information content (AvgIpc) is 3.57. The van der Waals surface area contributed by atoms with Gasteiger partial charge in [-0.15, -0.1) is 0 Å². The van der Waals surface area contributed by atoms with Crippen molar-refractivity contribution >= 4 is 47.3 Å². The van der Waals surface area contributed by atoms with Crippen molar-refractivity contribution in [3.8, 4) is 0 Å². The van der Waals surface area contributed by atoms with Gasteiger partial charge in [0, 0.05) is 40.0 Å². The molecule has 6 atom stereocenters. The Kier molecular flexibility index (Phi) is 20.9. The van der Waals surface area contributed by atoms with Crippen LogP contribution >= 0.6 is 0 Å². The fraction of sp³-hybridized carbons (Fsp3) is 0.765. The fourth-order valence-corrected chi connectivity index (χ4v) is 5.85. The van der Waals surface area contributed by atoms with Gasteiger partial charge in [-0.3, -0.25) is 38.6 Å². The molecule has 0 radical (unpaired) electrons. The van der Waals surface area contributed by atoms with Gasteiger partial charge in [-0.2, -0.15) is 0 Å². The third-order valence-electron chi connectivity index (χ3n) is 8.74. The Labute approximate surface area is 302 Å². The minimum absolute atomic E-state index is 0.104. The quantitative estimate of drug-likeness (QED) is 0.0376. The number of carbonyl (C=O) groups is 7. The lowest BCUT2D eigenvalue weighted by Gasteiger charge is -2.30. The molecule has 1 rings (SSSR count). The number of unbranched alkanes of at least 4 members (excludes halogenated alkanes) is 1. The molecule has 0 aromatic carbocycles. The number of guanidine groups is 1. The van der Waals surface area contributed by atoms with E-state index in [1.165, 1.54) is 18.7 Å². The molecule has 10 N–H and O–H groups in total.